The van der Waals surface area contributed by atoms with Crippen LogP contribution < -0.4 is 5.73 Å². The van der Waals surface area contributed by atoms with Crippen LogP contribution in [-0.4, -0.2) is 43.2 Å². The van der Waals surface area contributed by atoms with Gasteiger partial charge in [0.25, 0.3) is 0 Å². The van der Waals surface area contributed by atoms with Gasteiger partial charge in [0.05, 0.1) is 13.2 Å². The molecular formula is C17H28N2O2. The summed E-state index contributed by atoms with van der Waals surface area (Å²) in [6.45, 7) is 2.96. The second-order valence-corrected chi connectivity index (χ2v) is 7.76. The summed E-state index contributed by atoms with van der Waals surface area (Å²) >= 11 is 0. The average molecular weight is 292 g/mol. The summed E-state index contributed by atoms with van der Waals surface area (Å²) in [5.74, 6) is 2.15. The van der Waals surface area contributed by atoms with Gasteiger partial charge in [-0.3, -0.25) is 4.79 Å². The normalized spacial score (nSPS) is 46.2. The van der Waals surface area contributed by atoms with Gasteiger partial charge in [-0.1, -0.05) is 6.42 Å². The summed E-state index contributed by atoms with van der Waals surface area (Å²) in [6.07, 6.45) is 8.61. The Morgan fingerprint density at radius 1 is 1.19 bits per heavy atom. The van der Waals surface area contributed by atoms with Crippen LogP contribution >= 0.6 is 0 Å². The Kier molecular flexibility index (Phi) is 3.49. The quantitative estimate of drug-likeness (QED) is 0.801. The molecule has 0 aromatic rings. The molecule has 2 N–H and O–H groups in total. The lowest BCUT2D eigenvalue weighted by molar-refractivity contribution is -0.143. The fraction of sp³-hybridized carbons (Fsp3) is 0.941. The number of hydrogen-bond donors (Lipinski definition) is 1. The largest absolute Gasteiger partial charge is 0.378 e. The third-order valence-corrected chi connectivity index (χ3v) is 6.95. The van der Waals surface area contributed by atoms with Crippen molar-refractivity contribution in [2.75, 3.05) is 26.3 Å². The van der Waals surface area contributed by atoms with Crippen molar-refractivity contribution < 1.29 is 9.53 Å². The Labute approximate surface area is 127 Å². The van der Waals surface area contributed by atoms with Crippen LogP contribution in [0.15, 0.2) is 0 Å². The maximum Gasteiger partial charge on any atom is 0.225 e. The number of morpholine rings is 1. The van der Waals surface area contributed by atoms with E-state index in [0.29, 0.717) is 30.6 Å². The zero-order valence-corrected chi connectivity index (χ0v) is 12.9. The van der Waals surface area contributed by atoms with Gasteiger partial charge in [-0.25, -0.2) is 0 Å². The molecule has 1 aliphatic heterocycles. The van der Waals surface area contributed by atoms with Crippen molar-refractivity contribution in [1.29, 1.82) is 0 Å². The summed E-state index contributed by atoms with van der Waals surface area (Å²) < 4.78 is 5.37. The molecule has 0 aromatic heterocycles. The highest BCUT2D eigenvalue weighted by Crippen LogP contribution is 2.61. The van der Waals surface area contributed by atoms with Gasteiger partial charge in [-0.2, -0.15) is 0 Å². The number of nitrogens with two attached hydrogens (primary N) is 1. The van der Waals surface area contributed by atoms with Gasteiger partial charge in [-0.05, 0) is 55.8 Å². The Morgan fingerprint density at radius 3 is 2.71 bits per heavy atom. The van der Waals surface area contributed by atoms with Crippen LogP contribution in [-0.2, 0) is 9.53 Å². The highest BCUT2D eigenvalue weighted by atomic mass is 16.5. The fourth-order valence-electron chi connectivity index (χ4n) is 5.87. The van der Waals surface area contributed by atoms with Crippen molar-refractivity contribution in [3.05, 3.63) is 0 Å². The third-order valence-electron chi connectivity index (χ3n) is 6.95. The monoisotopic (exact) mass is 292 g/mol. The van der Waals surface area contributed by atoms with E-state index in [4.69, 9.17) is 10.5 Å². The van der Waals surface area contributed by atoms with Crippen molar-refractivity contribution in [3.8, 4) is 0 Å². The zero-order chi connectivity index (χ0) is 14.4. The molecule has 3 aliphatic carbocycles. The van der Waals surface area contributed by atoms with E-state index in [2.05, 4.69) is 0 Å². The predicted octanol–water partition coefficient (Wildman–Crippen LogP) is 1.78. The summed E-state index contributed by atoms with van der Waals surface area (Å²) in [6, 6.07) is 0.358. The van der Waals surface area contributed by atoms with Gasteiger partial charge in [-0.15, -0.1) is 0 Å². The fourth-order valence-corrected chi connectivity index (χ4v) is 5.87. The van der Waals surface area contributed by atoms with Crippen LogP contribution in [0.4, 0.5) is 0 Å². The molecule has 1 saturated heterocycles. The first-order valence-electron chi connectivity index (χ1n) is 8.83. The lowest BCUT2D eigenvalue weighted by Gasteiger charge is -2.48. The van der Waals surface area contributed by atoms with E-state index in [-0.39, 0.29) is 5.92 Å². The van der Waals surface area contributed by atoms with E-state index in [0.717, 1.165) is 37.8 Å². The molecule has 5 atom stereocenters. The lowest BCUT2D eigenvalue weighted by atomic mass is 9.59. The molecule has 0 aromatic carbocycles. The third kappa shape index (κ3) is 2.14. The average Bonchev–Trinajstić information content (AvgIpc) is 3.11. The van der Waals surface area contributed by atoms with Crippen LogP contribution in [0.25, 0.3) is 0 Å². The Morgan fingerprint density at radius 2 is 2.00 bits per heavy atom. The number of amides is 1. The van der Waals surface area contributed by atoms with Crippen molar-refractivity contribution >= 4 is 5.91 Å². The molecule has 0 radical (unpaired) electrons. The number of ether oxygens (including phenoxy) is 1. The van der Waals surface area contributed by atoms with E-state index in [1.54, 1.807) is 0 Å². The Hall–Kier alpha value is -0.610. The Bertz CT molecular complexity index is 417. The minimum Gasteiger partial charge on any atom is -0.378 e. The molecule has 3 saturated carbocycles. The highest BCUT2D eigenvalue weighted by molar-refractivity contribution is 5.79. The number of nitrogens with zero attached hydrogens (tertiary/aromatic N) is 1. The van der Waals surface area contributed by atoms with Crippen LogP contribution in [0.5, 0.6) is 0 Å². The molecular weight excluding hydrogens is 264 g/mol. The van der Waals surface area contributed by atoms with Crippen molar-refractivity contribution in [2.24, 2.45) is 28.9 Å². The lowest BCUT2D eigenvalue weighted by Crippen LogP contribution is -2.52. The molecule has 4 aliphatic rings. The SMILES string of the molecule is N[C@H]1[C@@H]2CC[C@@H](C2)[C@]12CCCC(C(=O)N1CCOCC1)C2. The smallest absolute Gasteiger partial charge is 0.225 e. The van der Waals surface area contributed by atoms with Gasteiger partial charge in [0.2, 0.25) is 5.91 Å². The first-order chi connectivity index (χ1) is 10.2. The second kappa shape index (κ2) is 5.24. The summed E-state index contributed by atoms with van der Waals surface area (Å²) in [7, 11) is 0. The van der Waals surface area contributed by atoms with E-state index < -0.39 is 0 Å². The van der Waals surface area contributed by atoms with Crippen molar-refractivity contribution in [2.45, 2.75) is 51.0 Å². The number of hydrogen-bond acceptors (Lipinski definition) is 3. The van der Waals surface area contributed by atoms with Gasteiger partial charge < -0.3 is 15.4 Å². The number of carbonyl (C=O) groups excluding carboxylic acids is 1. The standard InChI is InChI=1S/C17H28N2O2/c18-15-12-3-4-14(10-12)17(15)5-1-2-13(11-17)16(20)19-6-8-21-9-7-19/h12-15H,1-11,18H2/t12-,13?,14+,15+,17-/m1/s1. The minimum atomic E-state index is 0.224. The second-order valence-electron chi connectivity index (χ2n) is 7.76. The first-order valence-corrected chi connectivity index (χ1v) is 8.83. The summed E-state index contributed by atoms with van der Waals surface area (Å²) in [5, 5.41) is 0. The maximum atomic E-state index is 12.8. The van der Waals surface area contributed by atoms with Gasteiger partial charge in [0.15, 0.2) is 0 Å². The Balaban J connectivity index is 1.49. The van der Waals surface area contributed by atoms with E-state index in [1.807, 2.05) is 4.90 Å². The van der Waals surface area contributed by atoms with Crippen LogP contribution in [0, 0.1) is 23.2 Å². The van der Waals surface area contributed by atoms with Crippen molar-refractivity contribution in [3.63, 3.8) is 0 Å². The van der Waals surface area contributed by atoms with E-state index in [9.17, 15) is 4.79 Å². The van der Waals surface area contributed by atoms with Crippen LogP contribution in [0.1, 0.15) is 44.9 Å². The van der Waals surface area contributed by atoms with E-state index >= 15 is 0 Å². The predicted molar refractivity (Wildman–Crippen MR) is 80.6 cm³/mol. The van der Waals surface area contributed by atoms with Crippen molar-refractivity contribution in [1.82, 2.24) is 4.90 Å². The number of rotatable bonds is 1. The maximum absolute atomic E-state index is 12.8. The molecule has 1 spiro atoms. The molecule has 4 nitrogen and oxygen atoms in total. The van der Waals surface area contributed by atoms with Gasteiger partial charge in [0, 0.05) is 25.0 Å². The minimum absolute atomic E-state index is 0.224. The molecule has 4 rings (SSSR count). The van der Waals surface area contributed by atoms with E-state index in [1.165, 1.54) is 32.1 Å². The molecule has 4 heteroatoms. The summed E-state index contributed by atoms with van der Waals surface area (Å²) in [4.78, 5) is 14.9. The van der Waals surface area contributed by atoms with Crippen LogP contribution in [0.2, 0.25) is 0 Å². The molecule has 1 unspecified atom stereocenters. The molecule has 1 heterocycles. The molecule has 118 valence electrons. The van der Waals surface area contributed by atoms with Gasteiger partial charge >= 0.3 is 0 Å². The molecule has 2 bridgehead atoms. The topological polar surface area (TPSA) is 55.6 Å². The molecule has 4 fully saturated rings. The van der Waals surface area contributed by atoms with Crippen LogP contribution in [0.3, 0.4) is 0 Å². The molecule has 21 heavy (non-hydrogen) atoms. The number of carbonyl (C=O) groups is 1. The zero-order valence-electron chi connectivity index (χ0n) is 12.9. The highest BCUT2D eigenvalue weighted by Gasteiger charge is 2.58. The molecule has 1 amide bonds. The van der Waals surface area contributed by atoms with Gasteiger partial charge in [0.1, 0.15) is 0 Å². The first kappa shape index (κ1) is 14.0. The summed E-state index contributed by atoms with van der Waals surface area (Å²) in [5.41, 5.74) is 6.92. The number of fused-ring (bicyclic) bond motifs is 3.